The molecule has 0 saturated carbocycles. The van der Waals surface area contributed by atoms with Crippen LogP contribution in [0.2, 0.25) is 0 Å². The Morgan fingerprint density at radius 1 is 1.42 bits per heavy atom. The van der Waals surface area contributed by atoms with E-state index < -0.39 is 12.0 Å². The highest BCUT2D eigenvalue weighted by molar-refractivity contribution is 5.95. The van der Waals surface area contributed by atoms with Gasteiger partial charge in [0.15, 0.2) is 0 Å². The monoisotopic (exact) mass is 329 g/mol. The summed E-state index contributed by atoms with van der Waals surface area (Å²) in [5, 5.41) is 13.2. The molecule has 24 heavy (non-hydrogen) atoms. The quantitative estimate of drug-likeness (QED) is 0.919. The maximum atomic E-state index is 12.8. The number of aliphatic carboxylic acids is 1. The van der Waals surface area contributed by atoms with Crippen LogP contribution in [-0.4, -0.2) is 57.5 Å². The van der Waals surface area contributed by atoms with Gasteiger partial charge >= 0.3 is 5.97 Å². The molecule has 1 amide bonds. The van der Waals surface area contributed by atoms with Crippen LogP contribution in [0.3, 0.4) is 0 Å². The van der Waals surface area contributed by atoms with Crippen LogP contribution in [-0.2, 0) is 9.53 Å². The molecule has 1 fully saturated rings. The summed E-state index contributed by atoms with van der Waals surface area (Å²) in [5.74, 6) is -1.10. The Kier molecular flexibility index (Phi) is 4.61. The Balaban J connectivity index is 1.83. The highest BCUT2D eigenvalue weighted by Crippen LogP contribution is 2.19. The lowest BCUT2D eigenvalue weighted by atomic mass is 10.1. The second-order valence-corrected chi connectivity index (χ2v) is 5.78. The Hall–Kier alpha value is -2.67. The van der Waals surface area contributed by atoms with Crippen molar-refractivity contribution in [2.45, 2.75) is 19.4 Å². The fraction of sp³-hybridized carbons (Fsp3) is 0.353. The lowest BCUT2D eigenvalue weighted by Gasteiger charge is -2.35. The van der Waals surface area contributed by atoms with Gasteiger partial charge in [0.05, 0.1) is 31.4 Å². The van der Waals surface area contributed by atoms with Crippen molar-refractivity contribution in [1.29, 1.82) is 0 Å². The van der Waals surface area contributed by atoms with Crippen LogP contribution >= 0.6 is 0 Å². The molecule has 1 aromatic heterocycles. The zero-order chi connectivity index (χ0) is 17.1. The van der Waals surface area contributed by atoms with Crippen LogP contribution in [0.25, 0.3) is 5.69 Å². The van der Waals surface area contributed by atoms with Crippen LogP contribution in [0.4, 0.5) is 0 Å². The minimum Gasteiger partial charge on any atom is -0.481 e. The maximum Gasteiger partial charge on any atom is 0.305 e. The van der Waals surface area contributed by atoms with Gasteiger partial charge in [-0.05, 0) is 36.8 Å². The number of amides is 1. The summed E-state index contributed by atoms with van der Waals surface area (Å²) in [6, 6.07) is 6.81. The highest BCUT2D eigenvalue weighted by Gasteiger charge is 2.30. The first-order chi connectivity index (χ1) is 11.6. The molecule has 2 aromatic rings. The van der Waals surface area contributed by atoms with E-state index in [2.05, 4.69) is 5.10 Å². The first kappa shape index (κ1) is 16.2. The minimum atomic E-state index is -0.937. The number of carboxylic acids is 1. The standard InChI is InChI=1S/C17H19N3O4/c1-12-9-13(3-4-15(12)20-6-2-5-18-20)17(23)19-7-8-24-11-14(19)10-16(21)22/h2-6,9,14H,7-8,10-11H2,1H3,(H,21,22). The highest BCUT2D eigenvalue weighted by atomic mass is 16.5. The number of carboxylic acid groups (broad SMARTS) is 1. The van der Waals surface area contributed by atoms with Gasteiger partial charge in [0.1, 0.15) is 0 Å². The minimum absolute atomic E-state index is 0.115. The number of ether oxygens (including phenoxy) is 1. The van der Waals surface area contributed by atoms with Crippen molar-refractivity contribution in [1.82, 2.24) is 14.7 Å². The van der Waals surface area contributed by atoms with E-state index in [1.54, 1.807) is 21.8 Å². The molecule has 0 radical (unpaired) electrons. The van der Waals surface area contributed by atoms with Gasteiger partial charge in [-0.3, -0.25) is 9.59 Å². The summed E-state index contributed by atoms with van der Waals surface area (Å²) in [7, 11) is 0. The molecule has 0 bridgehead atoms. The van der Waals surface area contributed by atoms with E-state index in [1.807, 2.05) is 31.3 Å². The number of rotatable bonds is 4. The molecule has 0 aliphatic carbocycles. The zero-order valence-electron chi connectivity index (χ0n) is 13.4. The molecule has 1 aromatic carbocycles. The van der Waals surface area contributed by atoms with E-state index in [0.717, 1.165) is 11.3 Å². The number of morpholine rings is 1. The second-order valence-electron chi connectivity index (χ2n) is 5.78. The van der Waals surface area contributed by atoms with Crippen LogP contribution in [0.1, 0.15) is 22.3 Å². The van der Waals surface area contributed by atoms with Crippen molar-refractivity contribution in [2.24, 2.45) is 0 Å². The molecule has 3 rings (SSSR count). The number of benzene rings is 1. The topological polar surface area (TPSA) is 84.7 Å². The van der Waals surface area contributed by atoms with Gasteiger partial charge in [-0.1, -0.05) is 0 Å². The third kappa shape index (κ3) is 3.30. The molecule has 1 aliphatic rings. The van der Waals surface area contributed by atoms with Gasteiger partial charge < -0.3 is 14.7 Å². The number of carbonyl (C=O) groups is 2. The SMILES string of the molecule is Cc1cc(C(=O)N2CCOCC2CC(=O)O)ccc1-n1cccn1. The van der Waals surface area contributed by atoms with E-state index in [0.29, 0.717) is 18.7 Å². The summed E-state index contributed by atoms with van der Waals surface area (Å²) < 4.78 is 7.06. The molecule has 1 N–H and O–H groups in total. The second kappa shape index (κ2) is 6.84. The average Bonchev–Trinajstić information content (AvgIpc) is 3.08. The predicted molar refractivity (Wildman–Crippen MR) is 86.2 cm³/mol. The van der Waals surface area contributed by atoms with Crippen LogP contribution in [0.15, 0.2) is 36.7 Å². The van der Waals surface area contributed by atoms with Crippen molar-refractivity contribution in [3.63, 3.8) is 0 Å². The van der Waals surface area contributed by atoms with Gasteiger partial charge in [0.2, 0.25) is 0 Å². The van der Waals surface area contributed by atoms with Crippen molar-refractivity contribution < 1.29 is 19.4 Å². The molecule has 7 heteroatoms. The number of hydrogen-bond donors (Lipinski definition) is 1. The van der Waals surface area contributed by atoms with E-state index in [4.69, 9.17) is 9.84 Å². The summed E-state index contributed by atoms with van der Waals surface area (Å²) in [5.41, 5.74) is 2.37. The van der Waals surface area contributed by atoms with Gasteiger partial charge in [-0.25, -0.2) is 4.68 Å². The summed E-state index contributed by atoms with van der Waals surface area (Å²) in [6.45, 7) is 2.99. The van der Waals surface area contributed by atoms with Crippen LogP contribution in [0.5, 0.6) is 0 Å². The molecule has 0 spiro atoms. The zero-order valence-corrected chi connectivity index (χ0v) is 13.4. The first-order valence-corrected chi connectivity index (χ1v) is 7.77. The van der Waals surface area contributed by atoms with Crippen molar-refractivity contribution >= 4 is 11.9 Å². The lowest BCUT2D eigenvalue weighted by molar-refractivity contribution is -0.139. The predicted octanol–water partition coefficient (Wildman–Crippen LogP) is 1.50. The molecular weight excluding hydrogens is 310 g/mol. The number of aromatic nitrogens is 2. The largest absolute Gasteiger partial charge is 0.481 e. The Bertz CT molecular complexity index is 742. The summed E-state index contributed by atoms with van der Waals surface area (Å²) >= 11 is 0. The maximum absolute atomic E-state index is 12.8. The normalized spacial score (nSPS) is 17.7. The lowest BCUT2D eigenvalue weighted by Crippen LogP contribution is -2.49. The molecule has 2 heterocycles. The van der Waals surface area contributed by atoms with Crippen molar-refractivity contribution in [3.8, 4) is 5.69 Å². The third-order valence-corrected chi connectivity index (χ3v) is 4.09. The number of hydrogen-bond acceptors (Lipinski definition) is 4. The van der Waals surface area contributed by atoms with Gasteiger partial charge in [-0.15, -0.1) is 0 Å². The number of carbonyl (C=O) groups excluding carboxylic acids is 1. The van der Waals surface area contributed by atoms with E-state index >= 15 is 0 Å². The first-order valence-electron chi connectivity index (χ1n) is 7.77. The molecule has 126 valence electrons. The van der Waals surface area contributed by atoms with Crippen LogP contribution < -0.4 is 0 Å². The van der Waals surface area contributed by atoms with Gasteiger partial charge in [0.25, 0.3) is 5.91 Å². The summed E-state index contributed by atoms with van der Waals surface area (Å²) in [6.07, 6.45) is 3.42. The summed E-state index contributed by atoms with van der Waals surface area (Å²) in [4.78, 5) is 25.4. The number of nitrogens with zero attached hydrogens (tertiary/aromatic N) is 3. The molecule has 1 saturated heterocycles. The smallest absolute Gasteiger partial charge is 0.305 e. The van der Waals surface area contributed by atoms with Crippen LogP contribution in [0, 0.1) is 6.92 Å². The molecule has 1 aliphatic heterocycles. The third-order valence-electron chi connectivity index (χ3n) is 4.09. The molecule has 1 unspecified atom stereocenters. The fourth-order valence-corrected chi connectivity index (χ4v) is 2.92. The molecular formula is C17H19N3O4. The Morgan fingerprint density at radius 2 is 2.25 bits per heavy atom. The molecule has 1 atom stereocenters. The van der Waals surface area contributed by atoms with Crippen molar-refractivity contribution in [3.05, 3.63) is 47.8 Å². The Morgan fingerprint density at radius 3 is 2.92 bits per heavy atom. The fourth-order valence-electron chi connectivity index (χ4n) is 2.92. The Labute approximate surface area is 139 Å². The average molecular weight is 329 g/mol. The van der Waals surface area contributed by atoms with Gasteiger partial charge in [0, 0.05) is 24.5 Å². The van der Waals surface area contributed by atoms with Gasteiger partial charge in [-0.2, -0.15) is 5.10 Å². The van der Waals surface area contributed by atoms with E-state index in [9.17, 15) is 9.59 Å². The van der Waals surface area contributed by atoms with Crippen molar-refractivity contribution in [2.75, 3.05) is 19.8 Å². The number of aryl methyl sites for hydroxylation is 1. The van der Waals surface area contributed by atoms with E-state index in [-0.39, 0.29) is 18.9 Å². The molecule has 7 nitrogen and oxygen atoms in total. The van der Waals surface area contributed by atoms with E-state index in [1.165, 1.54) is 0 Å².